The summed E-state index contributed by atoms with van der Waals surface area (Å²) in [6, 6.07) is 5.29. The van der Waals surface area contributed by atoms with Crippen molar-refractivity contribution in [3.63, 3.8) is 0 Å². The maximum absolute atomic E-state index is 11.1. The van der Waals surface area contributed by atoms with Gasteiger partial charge in [-0.15, -0.1) is 0 Å². The van der Waals surface area contributed by atoms with Gasteiger partial charge in [0, 0.05) is 10.7 Å². The van der Waals surface area contributed by atoms with Crippen LogP contribution in [0.25, 0.3) is 11.0 Å². The molecule has 0 aliphatic heterocycles. The van der Waals surface area contributed by atoms with Crippen LogP contribution in [0.15, 0.2) is 22.7 Å². The lowest BCUT2D eigenvalue weighted by Crippen LogP contribution is -2.16. The summed E-state index contributed by atoms with van der Waals surface area (Å²) < 4.78 is 23.1. The molecule has 0 spiro atoms. The van der Waals surface area contributed by atoms with Crippen molar-refractivity contribution in [1.29, 1.82) is 0 Å². The van der Waals surface area contributed by atoms with Crippen molar-refractivity contribution in [3.05, 3.63) is 28.5 Å². The molecule has 1 heterocycles. The number of sulfone groups is 1. The van der Waals surface area contributed by atoms with Crippen LogP contribution in [0.5, 0.6) is 0 Å². The SMILES string of the molecule is CS(=O)(=O)CCC(N)c1nc2ccc(Br)cc2[nH]1. The lowest BCUT2D eigenvalue weighted by molar-refractivity contribution is 0.588. The molecule has 2 rings (SSSR count). The van der Waals surface area contributed by atoms with Gasteiger partial charge in [0.1, 0.15) is 15.7 Å². The highest BCUT2D eigenvalue weighted by molar-refractivity contribution is 9.10. The maximum atomic E-state index is 11.1. The van der Waals surface area contributed by atoms with Gasteiger partial charge in [0.2, 0.25) is 0 Å². The molecule has 0 radical (unpaired) electrons. The number of benzene rings is 1. The molecule has 18 heavy (non-hydrogen) atoms. The Morgan fingerprint density at radius 1 is 1.50 bits per heavy atom. The highest BCUT2D eigenvalue weighted by Gasteiger charge is 2.14. The molecular weight excluding hydrogens is 318 g/mol. The van der Waals surface area contributed by atoms with E-state index >= 15 is 0 Å². The molecule has 3 N–H and O–H groups in total. The molecule has 1 atom stereocenters. The lowest BCUT2D eigenvalue weighted by atomic mass is 10.2. The number of nitrogens with one attached hydrogen (secondary N) is 1. The van der Waals surface area contributed by atoms with Crippen LogP contribution in [0.1, 0.15) is 18.3 Å². The Labute approximate surface area is 114 Å². The predicted molar refractivity (Wildman–Crippen MR) is 75.0 cm³/mol. The van der Waals surface area contributed by atoms with E-state index < -0.39 is 15.9 Å². The van der Waals surface area contributed by atoms with Crippen molar-refractivity contribution < 1.29 is 8.42 Å². The van der Waals surface area contributed by atoms with Crippen LogP contribution in [0.4, 0.5) is 0 Å². The van der Waals surface area contributed by atoms with Crippen LogP contribution in [-0.2, 0) is 9.84 Å². The third-order valence-corrected chi connectivity index (χ3v) is 4.08. The Morgan fingerprint density at radius 2 is 2.22 bits per heavy atom. The first-order valence-electron chi connectivity index (χ1n) is 5.43. The maximum Gasteiger partial charge on any atom is 0.147 e. The zero-order valence-electron chi connectivity index (χ0n) is 9.85. The van der Waals surface area contributed by atoms with Gasteiger partial charge in [-0.25, -0.2) is 13.4 Å². The van der Waals surface area contributed by atoms with Gasteiger partial charge in [0.25, 0.3) is 0 Å². The number of aromatic nitrogens is 2. The van der Waals surface area contributed by atoms with Gasteiger partial charge in [0.15, 0.2) is 0 Å². The monoisotopic (exact) mass is 331 g/mol. The third kappa shape index (κ3) is 3.30. The number of nitrogens with zero attached hydrogens (tertiary/aromatic N) is 1. The van der Waals surface area contributed by atoms with Crippen LogP contribution in [0.3, 0.4) is 0 Å². The molecule has 1 aromatic heterocycles. The minimum atomic E-state index is -2.99. The van der Waals surface area contributed by atoms with E-state index in [-0.39, 0.29) is 5.75 Å². The normalized spacial score (nSPS) is 13.9. The van der Waals surface area contributed by atoms with Crippen molar-refractivity contribution in [2.24, 2.45) is 5.73 Å². The van der Waals surface area contributed by atoms with Gasteiger partial charge in [-0.3, -0.25) is 0 Å². The molecule has 0 aliphatic carbocycles. The number of H-pyrrole nitrogens is 1. The summed E-state index contributed by atoms with van der Waals surface area (Å²) in [5, 5.41) is 0. The zero-order chi connectivity index (χ0) is 13.3. The number of halogens is 1. The summed E-state index contributed by atoms with van der Waals surface area (Å²) in [7, 11) is -2.99. The van der Waals surface area contributed by atoms with Gasteiger partial charge >= 0.3 is 0 Å². The summed E-state index contributed by atoms with van der Waals surface area (Å²) in [6.07, 6.45) is 1.56. The predicted octanol–water partition coefficient (Wildman–Crippen LogP) is 1.76. The van der Waals surface area contributed by atoms with E-state index in [1.165, 1.54) is 6.26 Å². The van der Waals surface area contributed by atoms with Crippen molar-refractivity contribution in [1.82, 2.24) is 9.97 Å². The van der Waals surface area contributed by atoms with Crippen LogP contribution in [-0.4, -0.2) is 30.4 Å². The smallest absolute Gasteiger partial charge is 0.147 e. The standard InChI is InChI=1S/C11H14BrN3O2S/c1-18(16,17)5-4-8(13)11-14-9-3-2-7(12)6-10(9)15-11/h2-3,6,8H,4-5,13H2,1H3,(H,14,15). The van der Waals surface area contributed by atoms with E-state index in [0.29, 0.717) is 12.2 Å². The molecule has 1 aromatic carbocycles. The van der Waals surface area contributed by atoms with E-state index in [9.17, 15) is 8.42 Å². The molecular formula is C11H14BrN3O2S. The van der Waals surface area contributed by atoms with E-state index in [4.69, 9.17) is 5.73 Å². The second kappa shape index (κ2) is 4.99. The van der Waals surface area contributed by atoms with E-state index in [2.05, 4.69) is 25.9 Å². The zero-order valence-corrected chi connectivity index (χ0v) is 12.3. The minimum Gasteiger partial charge on any atom is -0.341 e. The van der Waals surface area contributed by atoms with Crippen LogP contribution in [0.2, 0.25) is 0 Å². The van der Waals surface area contributed by atoms with Crippen molar-refractivity contribution in [2.45, 2.75) is 12.5 Å². The molecule has 2 aromatic rings. The highest BCUT2D eigenvalue weighted by Crippen LogP contribution is 2.20. The van der Waals surface area contributed by atoms with Crippen molar-refractivity contribution in [3.8, 4) is 0 Å². The topological polar surface area (TPSA) is 88.8 Å². The number of hydrogen-bond donors (Lipinski definition) is 2. The van der Waals surface area contributed by atoms with Gasteiger partial charge < -0.3 is 10.7 Å². The minimum absolute atomic E-state index is 0.0644. The summed E-state index contributed by atoms with van der Waals surface area (Å²) in [5.74, 6) is 0.682. The Hall–Kier alpha value is -0.920. The molecule has 0 saturated carbocycles. The van der Waals surface area contributed by atoms with Crippen molar-refractivity contribution >= 4 is 36.8 Å². The van der Waals surface area contributed by atoms with E-state index in [0.717, 1.165) is 15.5 Å². The summed E-state index contributed by atoms with van der Waals surface area (Å²) in [6.45, 7) is 0. The molecule has 0 amide bonds. The molecule has 0 saturated heterocycles. The lowest BCUT2D eigenvalue weighted by Gasteiger charge is -2.06. The fourth-order valence-electron chi connectivity index (χ4n) is 1.65. The molecule has 0 aliphatic rings. The first-order chi connectivity index (χ1) is 8.35. The van der Waals surface area contributed by atoms with Crippen LogP contribution < -0.4 is 5.73 Å². The van der Waals surface area contributed by atoms with Gasteiger partial charge in [-0.1, -0.05) is 15.9 Å². The molecule has 1 unspecified atom stereocenters. The van der Waals surface area contributed by atoms with Gasteiger partial charge in [0.05, 0.1) is 22.8 Å². The Balaban J connectivity index is 2.20. The van der Waals surface area contributed by atoms with Crippen LogP contribution in [0, 0.1) is 0 Å². The van der Waals surface area contributed by atoms with Gasteiger partial charge in [-0.2, -0.15) is 0 Å². The second-order valence-electron chi connectivity index (χ2n) is 4.31. The quantitative estimate of drug-likeness (QED) is 0.893. The molecule has 7 heteroatoms. The average Bonchev–Trinajstić information content (AvgIpc) is 2.67. The Morgan fingerprint density at radius 3 is 2.89 bits per heavy atom. The summed E-state index contributed by atoms with van der Waals surface area (Å²) in [5.41, 5.74) is 7.64. The number of fused-ring (bicyclic) bond motifs is 1. The van der Waals surface area contributed by atoms with Crippen molar-refractivity contribution in [2.75, 3.05) is 12.0 Å². The number of hydrogen-bond acceptors (Lipinski definition) is 4. The summed E-state index contributed by atoms with van der Waals surface area (Å²) >= 11 is 3.38. The number of imidazole rings is 1. The molecule has 0 fully saturated rings. The van der Waals surface area contributed by atoms with Crippen LogP contribution >= 0.6 is 15.9 Å². The summed E-state index contributed by atoms with van der Waals surface area (Å²) in [4.78, 5) is 7.47. The number of aromatic amines is 1. The molecule has 0 bridgehead atoms. The number of rotatable bonds is 4. The fraction of sp³-hybridized carbons (Fsp3) is 0.364. The highest BCUT2D eigenvalue weighted by atomic mass is 79.9. The largest absolute Gasteiger partial charge is 0.341 e. The first kappa shape index (κ1) is 13.5. The molecule has 98 valence electrons. The molecule has 5 nitrogen and oxygen atoms in total. The Kier molecular flexibility index (Phi) is 3.74. The van der Waals surface area contributed by atoms with Gasteiger partial charge in [-0.05, 0) is 24.6 Å². The second-order valence-corrected chi connectivity index (χ2v) is 7.48. The third-order valence-electron chi connectivity index (χ3n) is 2.61. The number of nitrogens with two attached hydrogens (primary N) is 1. The average molecular weight is 332 g/mol. The Bertz CT molecular complexity index is 666. The first-order valence-corrected chi connectivity index (χ1v) is 8.29. The van der Waals surface area contributed by atoms with E-state index in [1.807, 2.05) is 18.2 Å². The van der Waals surface area contributed by atoms with E-state index in [1.54, 1.807) is 0 Å². The fourth-order valence-corrected chi connectivity index (χ4v) is 2.70.